The van der Waals surface area contributed by atoms with E-state index in [1.807, 2.05) is 11.6 Å². The normalized spacial score (nSPS) is 15.6. The molecule has 0 saturated heterocycles. The molecule has 1 N–H and O–H groups in total. The van der Waals surface area contributed by atoms with Crippen LogP contribution in [0, 0.1) is 11.3 Å². The van der Waals surface area contributed by atoms with E-state index in [2.05, 4.69) is 44.7 Å². The number of hydrogen-bond donors (Lipinski definition) is 1. The van der Waals surface area contributed by atoms with E-state index < -0.39 is 6.10 Å². The fourth-order valence-electron chi connectivity index (χ4n) is 2.36. The highest BCUT2D eigenvalue weighted by Crippen LogP contribution is 2.26. The topological polar surface area (TPSA) is 60.2 Å². The van der Waals surface area contributed by atoms with Crippen molar-refractivity contribution in [2.75, 3.05) is 6.61 Å². The number of rotatable bonds is 7. The number of aliphatic hydroxyl groups excluding tert-OH is 1. The van der Waals surface area contributed by atoms with E-state index in [4.69, 9.17) is 4.74 Å². The first-order valence-electron chi connectivity index (χ1n) is 7.42. The van der Waals surface area contributed by atoms with E-state index in [9.17, 15) is 5.11 Å². The van der Waals surface area contributed by atoms with Crippen molar-refractivity contribution < 1.29 is 9.84 Å². The highest BCUT2D eigenvalue weighted by Gasteiger charge is 2.32. The molecule has 1 aromatic heterocycles. The highest BCUT2D eigenvalue weighted by atomic mass is 16.5. The molecule has 0 spiro atoms. The summed E-state index contributed by atoms with van der Waals surface area (Å²) in [5, 5.41) is 14.7. The van der Waals surface area contributed by atoms with Crippen LogP contribution in [0.3, 0.4) is 0 Å². The molecule has 116 valence electrons. The molecule has 0 aromatic carbocycles. The molecule has 1 heterocycles. The first kappa shape index (κ1) is 17.1. The van der Waals surface area contributed by atoms with Gasteiger partial charge in [0.25, 0.3) is 0 Å². The summed E-state index contributed by atoms with van der Waals surface area (Å²) in [6.07, 6.45) is 1.23. The van der Waals surface area contributed by atoms with Crippen LogP contribution in [0.1, 0.15) is 47.4 Å². The summed E-state index contributed by atoms with van der Waals surface area (Å²) in [4.78, 5) is 4.27. The molecular weight excluding hydrogens is 254 g/mol. The summed E-state index contributed by atoms with van der Waals surface area (Å²) in [5.41, 5.74) is -0.113. The Bertz CT molecular complexity index is 396. The van der Waals surface area contributed by atoms with E-state index >= 15 is 0 Å². The molecule has 0 amide bonds. The van der Waals surface area contributed by atoms with Gasteiger partial charge >= 0.3 is 0 Å². The first-order chi connectivity index (χ1) is 9.25. The minimum atomic E-state index is -0.579. The van der Waals surface area contributed by atoms with Crippen LogP contribution in [0.4, 0.5) is 0 Å². The van der Waals surface area contributed by atoms with Gasteiger partial charge in [0.15, 0.2) is 0 Å². The van der Waals surface area contributed by atoms with Crippen molar-refractivity contribution in [3.05, 3.63) is 12.2 Å². The second-order valence-corrected chi connectivity index (χ2v) is 6.77. The molecule has 2 unspecified atom stereocenters. The Kier molecular flexibility index (Phi) is 6.14. The minimum absolute atomic E-state index is 0.113. The fourth-order valence-corrected chi connectivity index (χ4v) is 2.36. The molecule has 1 rings (SSSR count). The standard InChI is InChI=1S/C15H29N3O2/c1-7-20-14(15(4,5)6)12(19)8-13-16-10-17-18(13)9-11(2)3/h10-12,14,19H,7-9H2,1-6H3. The molecule has 2 atom stereocenters. The van der Waals surface area contributed by atoms with Crippen LogP contribution in [-0.4, -0.2) is 38.7 Å². The second-order valence-electron chi connectivity index (χ2n) is 6.77. The van der Waals surface area contributed by atoms with Crippen molar-refractivity contribution in [2.45, 2.75) is 66.7 Å². The Morgan fingerprint density at radius 3 is 2.50 bits per heavy atom. The Balaban J connectivity index is 2.78. The van der Waals surface area contributed by atoms with Crippen LogP contribution in [0.2, 0.25) is 0 Å². The van der Waals surface area contributed by atoms with Gasteiger partial charge in [-0.3, -0.25) is 0 Å². The number of hydrogen-bond acceptors (Lipinski definition) is 4. The predicted octanol–water partition coefficient (Wildman–Crippen LogP) is 2.29. The lowest BCUT2D eigenvalue weighted by atomic mass is 9.84. The van der Waals surface area contributed by atoms with Crippen molar-refractivity contribution in [1.82, 2.24) is 14.8 Å². The average molecular weight is 283 g/mol. The smallest absolute Gasteiger partial charge is 0.138 e. The number of aliphatic hydroxyl groups is 1. The predicted molar refractivity (Wildman–Crippen MR) is 79.4 cm³/mol. The fraction of sp³-hybridized carbons (Fsp3) is 0.867. The Morgan fingerprint density at radius 1 is 1.35 bits per heavy atom. The quantitative estimate of drug-likeness (QED) is 0.834. The third-order valence-electron chi connectivity index (χ3n) is 3.17. The molecule has 0 radical (unpaired) electrons. The highest BCUT2D eigenvalue weighted by molar-refractivity contribution is 4.93. The maximum absolute atomic E-state index is 10.5. The molecule has 0 aliphatic heterocycles. The molecule has 0 saturated carbocycles. The van der Waals surface area contributed by atoms with E-state index in [0.717, 1.165) is 12.4 Å². The monoisotopic (exact) mass is 283 g/mol. The molecule has 20 heavy (non-hydrogen) atoms. The molecular formula is C15H29N3O2. The largest absolute Gasteiger partial charge is 0.390 e. The van der Waals surface area contributed by atoms with Crippen molar-refractivity contribution in [3.63, 3.8) is 0 Å². The lowest BCUT2D eigenvalue weighted by molar-refractivity contribution is -0.0881. The summed E-state index contributed by atoms with van der Waals surface area (Å²) in [6, 6.07) is 0. The zero-order valence-corrected chi connectivity index (χ0v) is 13.6. The van der Waals surface area contributed by atoms with Gasteiger partial charge in [-0.15, -0.1) is 0 Å². The van der Waals surface area contributed by atoms with Gasteiger partial charge in [-0.25, -0.2) is 9.67 Å². The van der Waals surface area contributed by atoms with Crippen LogP contribution < -0.4 is 0 Å². The van der Waals surface area contributed by atoms with Crippen molar-refractivity contribution in [3.8, 4) is 0 Å². The maximum atomic E-state index is 10.5. The van der Waals surface area contributed by atoms with Crippen LogP contribution in [0.15, 0.2) is 6.33 Å². The van der Waals surface area contributed by atoms with Gasteiger partial charge in [-0.1, -0.05) is 34.6 Å². The SMILES string of the molecule is CCOC(C(O)Cc1ncnn1CC(C)C)C(C)(C)C. The Labute approximate surface area is 122 Å². The van der Waals surface area contributed by atoms with Crippen LogP contribution in [0.25, 0.3) is 0 Å². The van der Waals surface area contributed by atoms with Crippen LogP contribution in [0.5, 0.6) is 0 Å². The van der Waals surface area contributed by atoms with Crippen LogP contribution >= 0.6 is 0 Å². The van der Waals surface area contributed by atoms with Crippen molar-refractivity contribution in [2.24, 2.45) is 11.3 Å². The zero-order chi connectivity index (χ0) is 15.3. The molecule has 5 nitrogen and oxygen atoms in total. The molecule has 0 aliphatic carbocycles. The van der Waals surface area contributed by atoms with Gasteiger partial charge in [0, 0.05) is 19.6 Å². The summed E-state index contributed by atoms with van der Waals surface area (Å²) >= 11 is 0. The zero-order valence-electron chi connectivity index (χ0n) is 13.6. The van der Waals surface area contributed by atoms with E-state index in [0.29, 0.717) is 18.9 Å². The van der Waals surface area contributed by atoms with E-state index in [-0.39, 0.29) is 11.5 Å². The molecule has 0 bridgehead atoms. The van der Waals surface area contributed by atoms with Gasteiger partial charge in [0.05, 0.1) is 12.2 Å². The summed E-state index contributed by atoms with van der Waals surface area (Å²) in [6.45, 7) is 13.9. The summed E-state index contributed by atoms with van der Waals surface area (Å²) in [7, 11) is 0. The van der Waals surface area contributed by atoms with E-state index in [1.165, 1.54) is 0 Å². The van der Waals surface area contributed by atoms with Gasteiger partial charge in [-0.2, -0.15) is 5.10 Å². The van der Waals surface area contributed by atoms with Gasteiger partial charge in [-0.05, 0) is 18.3 Å². The van der Waals surface area contributed by atoms with E-state index in [1.54, 1.807) is 6.33 Å². The number of ether oxygens (including phenoxy) is 1. The van der Waals surface area contributed by atoms with Crippen molar-refractivity contribution in [1.29, 1.82) is 0 Å². The first-order valence-corrected chi connectivity index (χ1v) is 7.42. The second kappa shape index (κ2) is 7.18. The third kappa shape index (κ3) is 4.87. The lowest BCUT2D eigenvalue weighted by Gasteiger charge is -2.34. The molecule has 5 heteroatoms. The molecule has 1 aromatic rings. The summed E-state index contributed by atoms with van der Waals surface area (Å²) < 4.78 is 7.61. The number of aromatic nitrogens is 3. The molecule has 0 aliphatic rings. The summed E-state index contributed by atoms with van der Waals surface area (Å²) in [5.74, 6) is 1.32. The Hall–Kier alpha value is -0.940. The third-order valence-corrected chi connectivity index (χ3v) is 3.17. The van der Waals surface area contributed by atoms with Gasteiger partial charge in [0.2, 0.25) is 0 Å². The molecule has 0 fully saturated rings. The van der Waals surface area contributed by atoms with Gasteiger partial charge < -0.3 is 9.84 Å². The lowest BCUT2D eigenvalue weighted by Crippen LogP contribution is -2.41. The number of nitrogens with zero attached hydrogens (tertiary/aromatic N) is 3. The minimum Gasteiger partial charge on any atom is -0.390 e. The van der Waals surface area contributed by atoms with Crippen LogP contribution in [-0.2, 0) is 17.7 Å². The Morgan fingerprint density at radius 2 is 2.00 bits per heavy atom. The van der Waals surface area contributed by atoms with Crippen molar-refractivity contribution >= 4 is 0 Å². The maximum Gasteiger partial charge on any atom is 0.138 e. The average Bonchev–Trinajstić information content (AvgIpc) is 2.70. The van der Waals surface area contributed by atoms with Gasteiger partial charge in [0.1, 0.15) is 12.2 Å².